The average Bonchev–Trinajstić information content (AvgIpc) is 2.51. The maximum absolute atomic E-state index is 6.46. The molecule has 2 aliphatic rings. The third-order valence-electron chi connectivity index (χ3n) is 4.58. The first-order chi connectivity index (χ1) is 10.2. The third kappa shape index (κ3) is 2.73. The van der Waals surface area contributed by atoms with Crippen molar-refractivity contribution in [2.75, 3.05) is 0 Å². The molecule has 0 spiro atoms. The fourth-order valence-electron chi connectivity index (χ4n) is 3.28. The van der Waals surface area contributed by atoms with Crippen LogP contribution in [0.5, 0.6) is 0 Å². The minimum atomic E-state index is 0.339. The molecular formula is C20H23N. The summed E-state index contributed by atoms with van der Waals surface area (Å²) in [6, 6.07) is 10.4. The molecule has 1 aromatic carbocycles. The van der Waals surface area contributed by atoms with Crippen molar-refractivity contribution in [2.24, 2.45) is 23.5 Å². The summed E-state index contributed by atoms with van der Waals surface area (Å²) in [4.78, 5) is 0. The zero-order chi connectivity index (χ0) is 14.8. The van der Waals surface area contributed by atoms with Crippen molar-refractivity contribution in [1.29, 1.82) is 0 Å². The zero-order valence-electron chi connectivity index (χ0n) is 12.8. The minimum absolute atomic E-state index is 0.339. The highest BCUT2D eigenvalue weighted by Gasteiger charge is 2.26. The first kappa shape index (κ1) is 13.9. The van der Waals surface area contributed by atoms with Crippen molar-refractivity contribution in [1.82, 2.24) is 0 Å². The smallest absolute Gasteiger partial charge is 0.0198 e. The van der Waals surface area contributed by atoms with Crippen LogP contribution in [0.3, 0.4) is 0 Å². The normalized spacial score (nSPS) is 28.7. The molecule has 0 heterocycles. The number of rotatable bonds is 2. The number of benzene rings is 1. The molecule has 3 unspecified atom stereocenters. The summed E-state index contributed by atoms with van der Waals surface area (Å²) in [5.41, 5.74) is 11.3. The van der Waals surface area contributed by atoms with Crippen LogP contribution in [0.1, 0.15) is 25.8 Å². The van der Waals surface area contributed by atoms with Gasteiger partial charge in [0.2, 0.25) is 0 Å². The molecule has 0 radical (unpaired) electrons. The van der Waals surface area contributed by atoms with E-state index in [4.69, 9.17) is 5.73 Å². The molecule has 21 heavy (non-hydrogen) atoms. The Morgan fingerprint density at radius 2 is 1.81 bits per heavy atom. The van der Waals surface area contributed by atoms with Gasteiger partial charge in [-0.15, -0.1) is 0 Å². The van der Waals surface area contributed by atoms with E-state index >= 15 is 0 Å². The zero-order valence-corrected chi connectivity index (χ0v) is 12.8. The van der Waals surface area contributed by atoms with Crippen LogP contribution >= 0.6 is 0 Å². The second kappa shape index (κ2) is 5.77. The Kier molecular flexibility index (Phi) is 3.83. The van der Waals surface area contributed by atoms with E-state index in [0.717, 1.165) is 12.1 Å². The molecule has 2 N–H and O–H groups in total. The summed E-state index contributed by atoms with van der Waals surface area (Å²) in [5.74, 6) is 1.37. The van der Waals surface area contributed by atoms with Crippen LogP contribution in [0.4, 0.5) is 0 Å². The highest BCUT2D eigenvalue weighted by molar-refractivity contribution is 5.78. The summed E-state index contributed by atoms with van der Waals surface area (Å²) < 4.78 is 0. The van der Waals surface area contributed by atoms with E-state index in [-0.39, 0.29) is 0 Å². The van der Waals surface area contributed by atoms with Crippen LogP contribution < -0.4 is 5.73 Å². The number of nitrogens with two attached hydrogens (primary N) is 1. The average molecular weight is 277 g/mol. The Balaban J connectivity index is 1.91. The summed E-state index contributed by atoms with van der Waals surface area (Å²) >= 11 is 0. The Bertz CT molecular complexity index is 631. The van der Waals surface area contributed by atoms with Crippen LogP contribution in [-0.4, -0.2) is 0 Å². The van der Waals surface area contributed by atoms with Gasteiger partial charge in [0, 0.05) is 23.1 Å². The predicted octanol–water partition coefficient (Wildman–Crippen LogP) is 4.70. The van der Waals surface area contributed by atoms with Crippen LogP contribution in [0.2, 0.25) is 0 Å². The lowest BCUT2D eigenvalue weighted by Crippen LogP contribution is -2.23. The van der Waals surface area contributed by atoms with Crippen molar-refractivity contribution < 1.29 is 0 Å². The van der Waals surface area contributed by atoms with Gasteiger partial charge >= 0.3 is 0 Å². The summed E-state index contributed by atoms with van der Waals surface area (Å²) in [6.45, 7) is 4.51. The van der Waals surface area contributed by atoms with E-state index < -0.39 is 0 Å². The Labute approximate surface area is 127 Å². The Hall–Kier alpha value is -2.02. The molecule has 0 bridgehead atoms. The fraction of sp³-hybridized carbons (Fsp3) is 0.300. The lowest BCUT2D eigenvalue weighted by atomic mass is 9.76. The SMILES string of the molecule is CC1C=C(C2C=CC(c3ccccc3)=C(N)C2C)C=CC1. The number of allylic oxidation sites excluding steroid dienone is 8. The van der Waals surface area contributed by atoms with E-state index in [9.17, 15) is 0 Å². The van der Waals surface area contributed by atoms with Crippen LogP contribution in [0, 0.1) is 17.8 Å². The molecular weight excluding hydrogens is 254 g/mol. The molecule has 3 rings (SSSR count). The van der Waals surface area contributed by atoms with E-state index in [1.807, 2.05) is 6.07 Å². The molecule has 1 aromatic rings. The van der Waals surface area contributed by atoms with E-state index in [0.29, 0.717) is 17.8 Å². The monoisotopic (exact) mass is 277 g/mol. The maximum atomic E-state index is 6.46. The second-order valence-electron chi connectivity index (χ2n) is 6.19. The van der Waals surface area contributed by atoms with Gasteiger partial charge in [0.25, 0.3) is 0 Å². The fourth-order valence-corrected chi connectivity index (χ4v) is 3.28. The first-order valence-electron chi connectivity index (χ1n) is 7.78. The van der Waals surface area contributed by atoms with Crippen LogP contribution in [0.15, 0.2) is 72.0 Å². The van der Waals surface area contributed by atoms with Crippen molar-refractivity contribution in [2.45, 2.75) is 20.3 Å². The molecule has 0 saturated carbocycles. The third-order valence-corrected chi connectivity index (χ3v) is 4.58. The van der Waals surface area contributed by atoms with Gasteiger partial charge in [0.1, 0.15) is 0 Å². The number of hydrogen-bond acceptors (Lipinski definition) is 1. The minimum Gasteiger partial charge on any atom is -0.401 e. The molecule has 1 nitrogen and oxygen atoms in total. The summed E-state index contributed by atoms with van der Waals surface area (Å²) in [5, 5.41) is 0. The largest absolute Gasteiger partial charge is 0.401 e. The van der Waals surface area contributed by atoms with Crippen molar-refractivity contribution in [3.8, 4) is 0 Å². The van der Waals surface area contributed by atoms with Gasteiger partial charge in [-0.25, -0.2) is 0 Å². The molecule has 1 heteroatoms. The Morgan fingerprint density at radius 1 is 1.05 bits per heavy atom. The molecule has 2 aliphatic carbocycles. The lowest BCUT2D eigenvalue weighted by Gasteiger charge is -2.30. The molecule has 108 valence electrons. The maximum Gasteiger partial charge on any atom is 0.0198 e. The van der Waals surface area contributed by atoms with E-state index in [1.54, 1.807) is 0 Å². The van der Waals surface area contributed by atoms with Gasteiger partial charge < -0.3 is 5.73 Å². The molecule has 0 saturated heterocycles. The number of hydrogen-bond donors (Lipinski definition) is 1. The first-order valence-corrected chi connectivity index (χ1v) is 7.78. The van der Waals surface area contributed by atoms with Crippen molar-refractivity contribution >= 4 is 5.57 Å². The molecule has 3 atom stereocenters. The van der Waals surface area contributed by atoms with Gasteiger partial charge in [0.05, 0.1) is 0 Å². The van der Waals surface area contributed by atoms with Gasteiger partial charge in [-0.2, -0.15) is 0 Å². The quantitative estimate of drug-likeness (QED) is 0.833. The molecule has 0 aromatic heterocycles. The van der Waals surface area contributed by atoms with E-state index in [1.165, 1.54) is 16.7 Å². The van der Waals surface area contributed by atoms with Gasteiger partial charge in [-0.05, 0) is 23.5 Å². The molecule has 0 aliphatic heterocycles. The Morgan fingerprint density at radius 3 is 2.52 bits per heavy atom. The van der Waals surface area contributed by atoms with Crippen LogP contribution in [0.25, 0.3) is 5.57 Å². The van der Waals surface area contributed by atoms with Crippen molar-refractivity contribution in [3.63, 3.8) is 0 Å². The highest BCUT2D eigenvalue weighted by Crippen LogP contribution is 2.37. The lowest BCUT2D eigenvalue weighted by molar-refractivity contribution is 0.541. The van der Waals surface area contributed by atoms with Gasteiger partial charge in [-0.1, -0.05) is 74.6 Å². The standard InChI is InChI=1S/C20H23N/c1-14-7-6-10-17(13-14)18-11-12-19(20(21)15(18)2)16-8-4-3-5-9-16/h3-6,8-15,18H,7,21H2,1-2H3. The summed E-state index contributed by atoms with van der Waals surface area (Å²) in [6.07, 6.45) is 12.6. The molecule has 0 amide bonds. The predicted molar refractivity (Wildman–Crippen MR) is 90.3 cm³/mol. The van der Waals surface area contributed by atoms with Gasteiger partial charge in [0.15, 0.2) is 0 Å². The van der Waals surface area contributed by atoms with Gasteiger partial charge in [-0.3, -0.25) is 0 Å². The highest BCUT2D eigenvalue weighted by atomic mass is 14.6. The topological polar surface area (TPSA) is 26.0 Å². The molecule has 0 fully saturated rings. The van der Waals surface area contributed by atoms with Crippen LogP contribution in [-0.2, 0) is 0 Å². The van der Waals surface area contributed by atoms with Crippen molar-refractivity contribution in [3.05, 3.63) is 77.5 Å². The summed E-state index contributed by atoms with van der Waals surface area (Å²) in [7, 11) is 0. The van der Waals surface area contributed by atoms with E-state index in [2.05, 4.69) is 68.5 Å². The second-order valence-corrected chi connectivity index (χ2v) is 6.19.